The molecule has 1 saturated heterocycles. The lowest BCUT2D eigenvalue weighted by Crippen LogP contribution is -2.63. The highest BCUT2D eigenvalue weighted by Gasteiger charge is 2.55. The largest absolute Gasteiger partial charge is 0.460 e. The number of hydrogen-bond donors (Lipinski definition) is 0. The molecular formula is C29H29ClN4O4S2. The van der Waals surface area contributed by atoms with E-state index in [0.29, 0.717) is 10.9 Å². The van der Waals surface area contributed by atoms with Crippen LogP contribution in [0.2, 0.25) is 0 Å². The fraction of sp³-hybridized carbons (Fsp3) is 0.345. The van der Waals surface area contributed by atoms with Gasteiger partial charge in [-0.2, -0.15) is 4.98 Å². The standard InChI is InChI=1S/C29H29ClN4O4S2/c1-16-20(22(35)29(2,3)4)34-25(37)19(30)26(34)39-27(16)40-28-31-23(36)24(32-33(28)5)38-21(17-12-8-6-9-13-17)18-14-10-7-11-15-18/h6-15,19,21,26-27H,1-5H3/t19-,26+,27?/m0/s1. The zero-order chi connectivity index (χ0) is 28.8. The van der Waals surface area contributed by atoms with E-state index < -0.39 is 22.5 Å². The van der Waals surface area contributed by atoms with Crippen LogP contribution in [0.4, 0.5) is 0 Å². The fourth-order valence-corrected chi connectivity index (χ4v) is 7.66. The van der Waals surface area contributed by atoms with Gasteiger partial charge in [0.1, 0.15) is 10.8 Å². The van der Waals surface area contributed by atoms with Gasteiger partial charge in [0.05, 0.1) is 10.3 Å². The maximum absolute atomic E-state index is 13.4. The molecule has 0 aliphatic carbocycles. The highest BCUT2D eigenvalue weighted by Crippen LogP contribution is 2.51. The Labute approximate surface area is 246 Å². The monoisotopic (exact) mass is 596 g/mol. The third-order valence-electron chi connectivity index (χ3n) is 6.65. The van der Waals surface area contributed by atoms with Gasteiger partial charge in [-0.05, 0) is 23.6 Å². The van der Waals surface area contributed by atoms with Crippen molar-refractivity contribution in [2.75, 3.05) is 0 Å². The Balaban J connectivity index is 1.45. The molecule has 0 radical (unpaired) electrons. The Bertz CT molecular complexity index is 1500. The maximum Gasteiger partial charge on any atom is 0.336 e. The molecule has 2 aliphatic heterocycles. The Hall–Kier alpha value is -3.08. The molecule has 3 atom stereocenters. The first-order valence-corrected chi connectivity index (χ1v) is 15.0. The van der Waals surface area contributed by atoms with E-state index in [-0.39, 0.29) is 27.5 Å². The molecule has 1 fully saturated rings. The molecule has 40 heavy (non-hydrogen) atoms. The summed E-state index contributed by atoms with van der Waals surface area (Å²) in [7, 11) is 1.69. The molecule has 1 aromatic heterocycles. The third kappa shape index (κ3) is 5.32. The number of aryl methyl sites for hydroxylation is 1. The number of nitrogens with zero attached hydrogens (tertiary/aromatic N) is 4. The van der Waals surface area contributed by atoms with Gasteiger partial charge in [0, 0.05) is 12.5 Å². The molecule has 208 valence electrons. The summed E-state index contributed by atoms with van der Waals surface area (Å²) in [5, 5.41) is 3.70. The lowest BCUT2D eigenvalue weighted by molar-refractivity contribution is -0.141. The second-order valence-electron chi connectivity index (χ2n) is 10.6. The minimum absolute atomic E-state index is 0.117. The molecule has 0 spiro atoms. The number of alkyl halides is 1. The van der Waals surface area contributed by atoms with Gasteiger partial charge < -0.3 is 4.74 Å². The van der Waals surface area contributed by atoms with E-state index in [4.69, 9.17) is 16.3 Å². The average molecular weight is 597 g/mol. The molecule has 3 aromatic rings. The molecular weight excluding hydrogens is 568 g/mol. The number of hydrogen-bond acceptors (Lipinski definition) is 8. The Morgan fingerprint density at radius 1 is 1.05 bits per heavy atom. The molecule has 2 aliphatic rings. The van der Waals surface area contributed by atoms with Crippen LogP contribution < -0.4 is 10.3 Å². The van der Waals surface area contributed by atoms with Crippen molar-refractivity contribution in [2.24, 2.45) is 12.5 Å². The topological polar surface area (TPSA) is 94.4 Å². The highest BCUT2D eigenvalue weighted by atomic mass is 35.5. The SMILES string of the molecule is CC1=C(C(=O)C(C)(C)C)N2C(=O)[C@H](Cl)[C@H]2SC1Sc1nc(=O)c(OC(c2ccccc2)c2ccccc2)nn1C. The van der Waals surface area contributed by atoms with Gasteiger partial charge in [0.15, 0.2) is 17.0 Å². The van der Waals surface area contributed by atoms with Crippen LogP contribution in [0.25, 0.3) is 0 Å². The summed E-state index contributed by atoms with van der Waals surface area (Å²) in [4.78, 5) is 44.9. The number of rotatable bonds is 7. The first-order valence-electron chi connectivity index (χ1n) is 12.7. The van der Waals surface area contributed by atoms with E-state index in [1.807, 2.05) is 88.4 Å². The van der Waals surface area contributed by atoms with E-state index >= 15 is 0 Å². The number of thioether (sulfide) groups is 2. The molecule has 5 rings (SSSR count). The van der Waals surface area contributed by atoms with Gasteiger partial charge in [-0.3, -0.25) is 19.3 Å². The maximum atomic E-state index is 13.4. The van der Waals surface area contributed by atoms with E-state index in [0.717, 1.165) is 16.7 Å². The summed E-state index contributed by atoms with van der Waals surface area (Å²) in [6, 6.07) is 19.2. The van der Waals surface area contributed by atoms with Crippen molar-refractivity contribution in [1.82, 2.24) is 19.7 Å². The van der Waals surface area contributed by atoms with Crippen LogP contribution in [-0.2, 0) is 16.6 Å². The number of carbonyl (C=O) groups is 2. The summed E-state index contributed by atoms with van der Waals surface area (Å²) >= 11 is 9.11. The molecule has 1 unspecified atom stereocenters. The first-order chi connectivity index (χ1) is 19.0. The number of amides is 1. The van der Waals surface area contributed by atoms with Gasteiger partial charge in [-0.25, -0.2) is 4.68 Å². The lowest BCUT2D eigenvalue weighted by atomic mass is 9.86. The fourth-order valence-electron chi connectivity index (χ4n) is 4.48. The second kappa shape index (κ2) is 11.1. The van der Waals surface area contributed by atoms with Gasteiger partial charge in [0.2, 0.25) is 5.91 Å². The summed E-state index contributed by atoms with van der Waals surface area (Å²) in [5.74, 6) is -0.516. The number of benzene rings is 2. The lowest BCUT2D eigenvalue weighted by Gasteiger charge is -2.50. The van der Waals surface area contributed by atoms with Crippen LogP contribution in [0.15, 0.2) is 81.9 Å². The number of ether oxygens (including phenoxy) is 1. The zero-order valence-electron chi connectivity index (χ0n) is 22.7. The van der Waals surface area contributed by atoms with Crippen LogP contribution in [0.1, 0.15) is 44.9 Å². The molecule has 1 amide bonds. The summed E-state index contributed by atoms with van der Waals surface area (Å²) in [6.45, 7) is 7.30. The number of halogens is 1. The van der Waals surface area contributed by atoms with Crippen molar-refractivity contribution in [3.05, 3.63) is 93.4 Å². The van der Waals surface area contributed by atoms with Crippen molar-refractivity contribution >= 4 is 46.8 Å². The molecule has 0 saturated carbocycles. The zero-order valence-corrected chi connectivity index (χ0v) is 25.1. The molecule has 0 N–H and O–H groups in total. The van der Waals surface area contributed by atoms with Gasteiger partial charge >= 0.3 is 11.4 Å². The van der Waals surface area contributed by atoms with Gasteiger partial charge in [-0.1, -0.05) is 93.2 Å². The van der Waals surface area contributed by atoms with Gasteiger partial charge in [-0.15, -0.1) is 28.5 Å². The molecule has 11 heteroatoms. The molecule has 8 nitrogen and oxygen atoms in total. The quantitative estimate of drug-likeness (QED) is 0.272. The number of Topliss-reactive ketones (excluding diaryl/α,β-unsaturated/α-hetero) is 1. The minimum Gasteiger partial charge on any atom is -0.460 e. The van der Waals surface area contributed by atoms with Crippen LogP contribution in [0.3, 0.4) is 0 Å². The summed E-state index contributed by atoms with van der Waals surface area (Å²) in [5.41, 5.74) is 1.58. The Morgan fingerprint density at radius 3 is 2.17 bits per heavy atom. The number of carbonyl (C=O) groups excluding carboxylic acids is 2. The molecule has 3 heterocycles. The summed E-state index contributed by atoms with van der Waals surface area (Å²) < 4.78 is 7.38. The van der Waals surface area contributed by atoms with Crippen LogP contribution >= 0.6 is 35.1 Å². The second-order valence-corrected chi connectivity index (χ2v) is 13.7. The molecule has 0 bridgehead atoms. The van der Waals surface area contributed by atoms with Crippen molar-refractivity contribution in [3.63, 3.8) is 0 Å². The average Bonchev–Trinajstić information content (AvgIpc) is 2.94. The Kier molecular flexibility index (Phi) is 7.87. The van der Waals surface area contributed by atoms with Crippen LogP contribution in [0, 0.1) is 5.41 Å². The summed E-state index contributed by atoms with van der Waals surface area (Å²) in [6.07, 6.45) is -0.546. The number of aromatic nitrogens is 3. The van der Waals surface area contributed by atoms with E-state index in [9.17, 15) is 14.4 Å². The minimum atomic E-state index is -0.720. The van der Waals surface area contributed by atoms with Crippen molar-refractivity contribution in [3.8, 4) is 5.88 Å². The Morgan fingerprint density at radius 2 is 1.62 bits per heavy atom. The van der Waals surface area contributed by atoms with E-state index in [1.54, 1.807) is 7.05 Å². The smallest absolute Gasteiger partial charge is 0.336 e. The van der Waals surface area contributed by atoms with Crippen molar-refractivity contribution in [2.45, 2.75) is 54.3 Å². The third-order valence-corrected chi connectivity index (χ3v) is 10.3. The normalized spacial score (nSPS) is 20.8. The van der Waals surface area contributed by atoms with E-state index in [1.165, 1.54) is 33.1 Å². The molecule has 2 aromatic carbocycles. The van der Waals surface area contributed by atoms with Crippen molar-refractivity contribution < 1.29 is 14.3 Å². The van der Waals surface area contributed by atoms with Crippen LogP contribution in [-0.4, -0.2) is 46.7 Å². The predicted octanol–water partition coefficient (Wildman–Crippen LogP) is 5.17. The number of fused-ring (bicyclic) bond motifs is 1. The first kappa shape index (κ1) is 28.4. The van der Waals surface area contributed by atoms with Crippen molar-refractivity contribution in [1.29, 1.82) is 0 Å². The number of β-lactam (4-membered cyclic amide) rings is 1. The van der Waals surface area contributed by atoms with Crippen LogP contribution in [0.5, 0.6) is 5.88 Å². The number of allylic oxidation sites excluding steroid dienone is 1. The highest BCUT2D eigenvalue weighted by molar-refractivity contribution is 8.17. The van der Waals surface area contributed by atoms with Gasteiger partial charge in [0.25, 0.3) is 0 Å². The van der Waals surface area contributed by atoms with E-state index in [2.05, 4.69) is 10.1 Å². The number of ketones is 1. The predicted molar refractivity (Wildman–Crippen MR) is 157 cm³/mol.